The number of piperidine rings is 1. The molecule has 4 heterocycles. The highest BCUT2D eigenvalue weighted by Crippen LogP contribution is 2.54. The molecule has 1 saturated heterocycles. The molecule has 4 aliphatic rings. The van der Waals surface area contributed by atoms with Crippen molar-refractivity contribution in [2.45, 2.75) is 69.2 Å². The number of aromatic nitrogens is 1. The van der Waals surface area contributed by atoms with Crippen molar-refractivity contribution in [3.63, 3.8) is 0 Å². The molecular weight excluding hydrogens is 462 g/mol. The molecule has 1 aromatic heterocycles. The van der Waals surface area contributed by atoms with Crippen LogP contribution in [-0.2, 0) is 16.8 Å². The quantitative estimate of drug-likeness (QED) is 0.488. The number of nitrogens with zero attached hydrogens (tertiary/aromatic N) is 3. The van der Waals surface area contributed by atoms with Gasteiger partial charge in [-0.2, -0.15) is 0 Å². The van der Waals surface area contributed by atoms with E-state index < -0.39 is 11.4 Å². The number of aromatic carboxylic acids is 1. The van der Waals surface area contributed by atoms with Crippen molar-refractivity contribution < 1.29 is 14.7 Å². The molecule has 37 heavy (non-hydrogen) atoms. The van der Waals surface area contributed by atoms with Gasteiger partial charge in [-0.1, -0.05) is 43.5 Å². The van der Waals surface area contributed by atoms with E-state index >= 15 is 0 Å². The predicted molar refractivity (Wildman–Crippen MR) is 146 cm³/mol. The van der Waals surface area contributed by atoms with Crippen molar-refractivity contribution >= 4 is 28.5 Å². The Morgan fingerprint density at radius 1 is 0.973 bits per heavy atom. The average Bonchev–Trinajstić information content (AvgIpc) is 3.34. The van der Waals surface area contributed by atoms with Crippen molar-refractivity contribution in [2.24, 2.45) is 0 Å². The molecule has 2 fully saturated rings. The normalized spacial score (nSPS) is 21.6. The van der Waals surface area contributed by atoms with Gasteiger partial charge in [0.25, 0.3) is 0 Å². The van der Waals surface area contributed by atoms with Crippen LogP contribution in [0.3, 0.4) is 0 Å². The van der Waals surface area contributed by atoms with E-state index in [1.807, 2.05) is 12.1 Å². The van der Waals surface area contributed by atoms with Gasteiger partial charge in [-0.15, -0.1) is 0 Å². The lowest BCUT2D eigenvalue weighted by molar-refractivity contribution is -0.124. The molecule has 7 rings (SSSR count). The van der Waals surface area contributed by atoms with Crippen LogP contribution in [0.5, 0.6) is 0 Å². The number of hydrogen-bond donors (Lipinski definition) is 1. The maximum Gasteiger partial charge on any atom is 0.335 e. The number of carboxylic acids is 1. The third kappa shape index (κ3) is 3.27. The summed E-state index contributed by atoms with van der Waals surface area (Å²) in [6.07, 6.45) is 8.69. The Labute approximate surface area is 217 Å². The first-order valence-electron chi connectivity index (χ1n) is 14.0. The molecule has 6 nitrogen and oxygen atoms in total. The van der Waals surface area contributed by atoms with Crippen LogP contribution in [-0.4, -0.2) is 53.1 Å². The largest absolute Gasteiger partial charge is 0.478 e. The molecule has 0 atom stereocenters. The van der Waals surface area contributed by atoms with E-state index in [0.29, 0.717) is 23.9 Å². The number of carboxylic acid groups (broad SMARTS) is 1. The summed E-state index contributed by atoms with van der Waals surface area (Å²) in [5, 5.41) is 11.0. The molecule has 3 aromatic rings. The number of hydrogen-bond acceptors (Lipinski definition) is 3. The lowest BCUT2D eigenvalue weighted by Crippen LogP contribution is -2.48. The van der Waals surface area contributed by atoms with Crippen molar-refractivity contribution in [1.82, 2.24) is 9.47 Å². The van der Waals surface area contributed by atoms with Gasteiger partial charge in [-0.3, -0.25) is 4.79 Å². The van der Waals surface area contributed by atoms with E-state index in [1.165, 1.54) is 54.3 Å². The average molecular weight is 498 g/mol. The SMILES string of the molecule is CN1CCC2(CC1)C(=O)N1CCCn3c(c(C4CCCCC4)c4ccc(C(=O)O)cc43)-c3cccc2c31. The Morgan fingerprint density at radius 3 is 2.51 bits per heavy atom. The van der Waals surface area contributed by atoms with E-state index in [4.69, 9.17) is 0 Å². The van der Waals surface area contributed by atoms with Gasteiger partial charge in [0.2, 0.25) is 5.91 Å². The number of rotatable bonds is 2. The second kappa shape index (κ2) is 8.45. The molecule has 3 aliphatic heterocycles. The van der Waals surface area contributed by atoms with Gasteiger partial charge in [0.1, 0.15) is 0 Å². The van der Waals surface area contributed by atoms with Crippen LogP contribution in [0.4, 0.5) is 5.69 Å². The number of anilines is 1. The lowest BCUT2D eigenvalue weighted by atomic mass is 9.73. The summed E-state index contributed by atoms with van der Waals surface area (Å²) in [5.74, 6) is -0.134. The summed E-state index contributed by atoms with van der Waals surface area (Å²) < 4.78 is 2.39. The molecule has 2 aromatic carbocycles. The molecule has 1 spiro atoms. The van der Waals surface area contributed by atoms with Gasteiger partial charge in [0.05, 0.1) is 22.4 Å². The molecular formula is C31H35N3O3. The van der Waals surface area contributed by atoms with E-state index in [-0.39, 0.29) is 0 Å². The number of aryl methyl sites for hydroxylation is 1. The third-order valence-electron chi connectivity index (χ3n) is 9.70. The van der Waals surface area contributed by atoms with Gasteiger partial charge < -0.3 is 19.5 Å². The number of fused-ring (bicyclic) bond motifs is 5. The number of likely N-dealkylation sites (tertiary alicyclic amines) is 1. The Hall–Kier alpha value is -3.12. The van der Waals surface area contributed by atoms with Crippen LogP contribution in [0.25, 0.3) is 22.2 Å². The predicted octanol–water partition coefficient (Wildman–Crippen LogP) is 5.77. The molecule has 0 unspecified atom stereocenters. The molecule has 0 bridgehead atoms. The first-order chi connectivity index (χ1) is 18.0. The highest BCUT2D eigenvalue weighted by atomic mass is 16.4. The highest BCUT2D eigenvalue weighted by Gasteiger charge is 2.53. The van der Waals surface area contributed by atoms with Crippen LogP contribution in [0.15, 0.2) is 36.4 Å². The van der Waals surface area contributed by atoms with Gasteiger partial charge >= 0.3 is 5.97 Å². The van der Waals surface area contributed by atoms with Crippen LogP contribution in [0.1, 0.15) is 78.8 Å². The van der Waals surface area contributed by atoms with Gasteiger partial charge in [-0.25, -0.2) is 4.79 Å². The van der Waals surface area contributed by atoms with Crippen LogP contribution in [0.2, 0.25) is 0 Å². The zero-order valence-electron chi connectivity index (χ0n) is 21.6. The monoisotopic (exact) mass is 497 g/mol. The minimum Gasteiger partial charge on any atom is -0.478 e. The van der Waals surface area contributed by atoms with Crippen LogP contribution in [0, 0.1) is 0 Å². The third-order valence-corrected chi connectivity index (χ3v) is 9.70. The zero-order valence-corrected chi connectivity index (χ0v) is 21.6. The second-order valence-corrected chi connectivity index (χ2v) is 11.7. The molecule has 1 N–H and O–H groups in total. The zero-order chi connectivity index (χ0) is 25.3. The number of benzene rings is 2. The van der Waals surface area contributed by atoms with Gasteiger partial charge in [0, 0.05) is 29.6 Å². The molecule has 192 valence electrons. The Bertz CT molecular complexity index is 1420. The minimum absolute atomic E-state index is 0.292. The van der Waals surface area contributed by atoms with E-state index in [0.717, 1.165) is 55.7 Å². The fraction of sp³-hybridized carbons (Fsp3) is 0.484. The molecule has 1 amide bonds. The molecule has 6 heteroatoms. The second-order valence-electron chi connectivity index (χ2n) is 11.7. The summed E-state index contributed by atoms with van der Waals surface area (Å²) >= 11 is 0. The smallest absolute Gasteiger partial charge is 0.335 e. The summed E-state index contributed by atoms with van der Waals surface area (Å²) in [6, 6.07) is 12.3. The van der Waals surface area contributed by atoms with Gasteiger partial charge in [-0.05, 0) is 81.4 Å². The first-order valence-corrected chi connectivity index (χ1v) is 14.0. The van der Waals surface area contributed by atoms with Crippen molar-refractivity contribution in [1.29, 1.82) is 0 Å². The van der Waals surface area contributed by atoms with E-state index in [2.05, 4.69) is 39.6 Å². The van der Waals surface area contributed by atoms with E-state index in [9.17, 15) is 14.7 Å². The Balaban J connectivity index is 1.52. The number of carbonyl (C=O) groups is 2. The fourth-order valence-electron chi connectivity index (χ4n) is 7.81. The van der Waals surface area contributed by atoms with Crippen LogP contribution >= 0.6 is 0 Å². The Morgan fingerprint density at radius 2 is 1.76 bits per heavy atom. The standard InChI is InChI=1S/C31H35N3O3/c1-32-17-13-31(14-18-32)24-10-5-9-23-27(24)34(30(31)37)16-6-15-33-25-19-21(29(35)36)11-12-22(25)26(28(23)33)20-7-3-2-4-8-20/h5,9-12,19-20H,2-4,6-8,13-18H2,1H3,(H,35,36). The van der Waals surface area contributed by atoms with Crippen molar-refractivity contribution in [2.75, 3.05) is 31.6 Å². The lowest BCUT2D eigenvalue weighted by Gasteiger charge is -2.36. The Kier molecular flexibility index (Phi) is 5.26. The molecule has 1 aliphatic carbocycles. The molecule has 0 radical (unpaired) electrons. The topological polar surface area (TPSA) is 65.8 Å². The summed E-state index contributed by atoms with van der Waals surface area (Å²) in [6.45, 7) is 3.37. The van der Waals surface area contributed by atoms with Crippen molar-refractivity contribution in [3.8, 4) is 11.3 Å². The summed E-state index contributed by atoms with van der Waals surface area (Å²) in [7, 11) is 2.15. The first kappa shape index (κ1) is 23.0. The molecule has 1 saturated carbocycles. The number of carbonyl (C=O) groups excluding carboxylic acids is 1. The highest BCUT2D eigenvalue weighted by molar-refractivity contribution is 6.12. The summed E-state index contributed by atoms with van der Waals surface area (Å²) in [5.41, 5.74) is 7.04. The van der Waals surface area contributed by atoms with Gasteiger partial charge in [0.15, 0.2) is 0 Å². The minimum atomic E-state index is -0.885. The van der Waals surface area contributed by atoms with Crippen LogP contribution < -0.4 is 4.90 Å². The fourth-order valence-corrected chi connectivity index (χ4v) is 7.81. The van der Waals surface area contributed by atoms with Crippen molar-refractivity contribution in [3.05, 3.63) is 53.1 Å². The number of amides is 1. The maximum atomic E-state index is 14.2. The maximum absolute atomic E-state index is 14.2. The van der Waals surface area contributed by atoms with E-state index in [1.54, 1.807) is 6.07 Å². The number of para-hydroxylation sites is 1. The summed E-state index contributed by atoms with van der Waals surface area (Å²) in [4.78, 5) is 30.5.